The van der Waals surface area contributed by atoms with Gasteiger partial charge in [0.15, 0.2) is 11.0 Å². The van der Waals surface area contributed by atoms with Crippen LogP contribution in [-0.2, 0) is 19.6 Å². The summed E-state index contributed by atoms with van der Waals surface area (Å²) in [4.78, 5) is 12.5. The third kappa shape index (κ3) is 4.25. The molecule has 2 aliphatic carbocycles. The van der Waals surface area contributed by atoms with E-state index in [1.54, 1.807) is 18.2 Å². The number of nitrogens with zero attached hydrogens (tertiary/aromatic N) is 4. The molecule has 8 nitrogen and oxygen atoms in total. The molecule has 0 bridgehead atoms. The fourth-order valence-electron chi connectivity index (χ4n) is 4.81. The van der Waals surface area contributed by atoms with Gasteiger partial charge in [0.05, 0.1) is 23.4 Å². The van der Waals surface area contributed by atoms with Crippen LogP contribution < -0.4 is 0 Å². The average Bonchev–Trinajstić information content (AvgIpc) is 3.57. The molecule has 5 rings (SSSR count). The Labute approximate surface area is 192 Å². The van der Waals surface area contributed by atoms with Gasteiger partial charge in [-0.25, -0.2) is 8.42 Å². The number of morpholine rings is 1. The summed E-state index contributed by atoms with van der Waals surface area (Å²) < 4.78 is 35.3. The van der Waals surface area contributed by atoms with Gasteiger partial charge in [-0.05, 0) is 37.8 Å². The van der Waals surface area contributed by atoms with E-state index in [1.807, 2.05) is 6.07 Å². The molecule has 0 radical (unpaired) electrons. The highest BCUT2D eigenvalue weighted by Gasteiger charge is 2.32. The Morgan fingerprint density at radius 1 is 1.03 bits per heavy atom. The lowest BCUT2D eigenvalue weighted by Crippen LogP contribution is -2.40. The van der Waals surface area contributed by atoms with Crippen LogP contribution in [0.1, 0.15) is 51.0 Å². The first kappa shape index (κ1) is 22.1. The molecule has 32 heavy (non-hydrogen) atoms. The van der Waals surface area contributed by atoms with Crippen molar-refractivity contribution >= 4 is 27.6 Å². The standard InChI is InChI=1S/C22H28N4O4S2/c27-19-9-4-10-20(19)31-22-24-23-21(26(22)17-6-1-2-7-17)16-5-3-8-18(15-16)32(28,29)25-11-13-30-14-12-25/h3,5,8,15,17,20H,1-2,4,6-7,9-14H2. The van der Waals surface area contributed by atoms with Crippen molar-refractivity contribution < 1.29 is 17.9 Å². The number of carbonyl (C=O) groups is 1. The number of ketones is 1. The molecule has 2 saturated carbocycles. The molecule has 1 aromatic carbocycles. The van der Waals surface area contributed by atoms with Gasteiger partial charge in [0.2, 0.25) is 10.0 Å². The molecule has 2 heterocycles. The molecule has 10 heteroatoms. The summed E-state index contributed by atoms with van der Waals surface area (Å²) in [5.74, 6) is 0.972. The second-order valence-electron chi connectivity index (χ2n) is 8.62. The lowest BCUT2D eigenvalue weighted by atomic mass is 10.2. The first-order valence-electron chi connectivity index (χ1n) is 11.4. The number of carbonyl (C=O) groups excluding carboxylic acids is 1. The summed E-state index contributed by atoms with van der Waals surface area (Å²) >= 11 is 1.52. The van der Waals surface area contributed by atoms with Crippen LogP contribution in [-0.4, -0.2) is 64.8 Å². The number of aromatic nitrogens is 3. The summed E-state index contributed by atoms with van der Waals surface area (Å²) in [6, 6.07) is 7.28. The first-order chi connectivity index (χ1) is 15.5. The summed E-state index contributed by atoms with van der Waals surface area (Å²) in [5, 5.41) is 9.67. The fraction of sp³-hybridized carbons (Fsp3) is 0.591. The van der Waals surface area contributed by atoms with Gasteiger partial charge in [0.25, 0.3) is 0 Å². The topological polar surface area (TPSA) is 94.4 Å². The van der Waals surface area contributed by atoms with Gasteiger partial charge in [0.1, 0.15) is 5.78 Å². The molecule has 1 unspecified atom stereocenters. The van der Waals surface area contributed by atoms with Crippen molar-refractivity contribution in [3.05, 3.63) is 24.3 Å². The molecule has 1 atom stereocenters. The monoisotopic (exact) mass is 476 g/mol. The van der Waals surface area contributed by atoms with Crippen LogP contribution in [0.5, 0.6) is 0 Å². The Morgan fingerprint density at radius 2 is 1.81 bits per heavy atom. The van der Waals surface area contributed by atoms with Crippen molar-refractivity contribution in [2.24, 2.45) is 0 Å². The highest BCUT2D eigenvalue weighted by molar-refractivity contribution is 8.00. The van der Waals surface area contributed by atoms with Crippen LogP contribution in [0.15, 0.2) is 34.3 Å². The van der Waals surface area contributed by atoms with Crippen LogP contribution in [0.3, 0.4) is 0 Å². The van der Waals surface area contributed by atoms with Gasteiger partial charge >= 0.3 is 0 Å². The lowest BCUT2D eigenvalue weighted by molar-refractivity contribution is -0.116. The number of benzene rings is 1. The van der Waals surface area contributed by atoms with E-state index in [4.69, 9.17) is 4.74 Å². The first-order valence-corrected chi connectivity index (χ1v) is 13.7. The number of rotatable bonds is 6. The smallest absolute Gasteiger partial charge is 0.243 e. The largest absolute Gasteiger partial charge is 0.379 e. The highest BCUT2D eigenvalue weighted by atomic mass is 32.2. The second-order valence-corrected chi connectivity index (χ2v) is 11.7. The van der Waals surface area contributed by atoms with Gasteiger partial charge in [-0.15, -0.1) is 10.2 Å². The fourth-order valence-corrected chi connectivity index (χ4v) is 7.49. The molecule has 1 aromatic heterocycles. The van der Waals surface area contributed by atoms with E-state index >= 15 is 0 Å². The van der Waals surface area contributed by atoms with Crippen molar-refractivity contribution in [1.29, 1.82) is 0 Å². The van der Waals surface area contributed by atoms with Crippen LogP contribution in [0, 0.1) is 0 Å². The van der Waals surface area contributed by atoms with E-state index < -0.39 is 10.0 Å². The molecule has 2 aromatic rings. The van der Waals surface area contributed by atoms with Gasteiger partial charge in [0, 0.05) is 31.1 Å². The maximum atomic E-state index is 13.2. The normalized spacial score (nSPS) is 23.2. The van der Waals surface area contributed by atoms with E-state index in [1.165, 1.54) is 16.1 Å². The number of hydrogen-bond donors (Lipinski definition) is 0. The van der Waals surface area contributed by atoms with E-state index in [0.717, 1.165) is 49.2 Å². The molecule has 0 amide bonds. The van der Waals surface area contributed by atoms with E-state index in [0.29, 0.717) is 38.5 Å². The number of ether oxygens (including phenoxy) is 1. The molecular formula is C22H28N4O4S2. The summed E-state index contributed by atoms with van der Waals surface area (Å²) in [7, 11) is -3.60. The van der Waals surface area contributed by atoms with Crippen LogP contribution in [0.2, 0.25) is 0 Å². The minimum Gasteiger partial charge on any atom is -0.379 e. The number of sulfonamides is 1. The predicted molar refractivity (Wildman–Crippen MR) is 121 cm³/mol. The second kappa shape index (κ2) is 9.24. The number of Topliss-reactive ketones (excluding diaryl/α,β-unsaturated/α-hetero) is 1. The zero-order chi connectivity index (χ0) is 22.1. The van der Waals surface area contributed by atoms with Crippen molar-refractivity contribution in [1.82, 2.24) is 19.1 Å². The van der Waals surface area contributed by atoms with E-state index in [2.05, 4.69) is 14.8 Å². The molecule has 1 aliphatic heterocycles. The number of thioether (sulfide) groups is 1. The molecule has 1 saturated heterocycles. The van der Waals surface area contributed by atoms with Gasteiger partial charge < -0.3 is 4.74 Å². The molecule has 3 aliphatic rings. The minimum absolute atomic E-state index is 0.0553. The zero-order valence-electron chi connectivity index (χ0n) is 18.0. The van der Waals surface area contributed by atoms with E-state index in [-0.39, 0.29) is 22.0 Å². The van der Waals surface area contributed by atoms with Crippen molar-refractivity contribution in [2.45, 2.75) is 66.3 Å². The third-order valence-electron chi connectivity index (χ3n) is 6.55. The molecule has 172 valence electrons. The van der Waals surface area contributed by atoms with Crippen molar-refractivity contribution in [2.75, 3.05) is 26.3 Å². The highest BCUT2D eigenvalue weighted by Crippen LogP contribution is 2.40. The molecule has 3 fully saturated rings. The van der Waals surface area contributed by atoms with Gasteiger partial charge in [-0.3, -0.25) is 9.36 Å². The maximum Gasteiger partial charge on any atom is 0.243 e. The quantitative estimate of drug-likeness (QED) is 0.631. The molecule has 0 spiro atoms. The minimum atomic E-state index is -3.60. The number of hydrogen-bond acceptors (Lipinski definition) is 7. The summed E-state index contributed by atoms with van der Waals surface area (Å²) in [6.45, 7) is 1.55. The average molecular weight is 477 g/mol. The maximum absolute atomic E-state index is 13.2. The van der Waals surface area contributed by atoms with Gasteiger partial charge in [-0.2, -0.15) is 4.31 Å². The predicted octanol–water partition coefficient (Wildman–Crippen LogP) is 3.29. The van der Waals surface area contributed by atoms with Crippen LogP contribution >= 0.6 is 11.8 Å². The Morgan fingerprint density at radius 3 is 2.53 bits per heavy atom. The Hall–Kier alpha value is -1.75. The van der Waals surface area contributed by atoms with Crippen LogP contribution in [0.25, 0.3) is 11.4 Å². The summed E-state index contributed by atoms with van der Waals surface area (Å²) in [6.07, 6.45) is 6.85. The Kier molecular flexibility index (Phi) is 6.37. The molecule has 0 N–H and O–H groups in total. The third-order valence-corrected chi connectivity index (χ3v) is 9.72. The lowest BCUT2D eigenvalue weighted by Gasteiger charge is -2.26. The van der Waals surface area contributed by atoms with E-state index in [9.17, 15) is 13.2 Å². The summed E-state index contributed by atoms with van der Waals surface area (Å²) in [5.41, 5.74) is 0.739. The molecular weight excluding hydrogens is 448 g/mol. The Balaban J connectivity index is 1.50. The van der Waals surface area contributed by atoms with Crippen molar-refractivity contribution in [3.63, 3.8) is 0 Å². The SMILES string of the molecule is O=C1CCCC1Sc1nnc(-c2cccc(S(=O)(=O)N3CCOCC3)c2)n1C1CCCC1. The van der Waals surface area contributed by atoms with Gasteiger partial charge in [-0.1, -0.05) is 36.7 Å². The Bertz CT molecular complexity index is 1090. The zero-order valence-corrected chi connectivity index (χ0v) is 19.6. The van der Waals surface area contributed by atoms with Crippen molar-refractivity contribution in [3.8, 4) is 11.4 Å². The van der Waals surface area contributed by atoms with Crippen LogP contribution in [0.4, 0.5) is 0 Å².